The molecule has 0 radical (unpaired) electrons. The second-order valence-corrected chi connectivity index (χ2v) is 3.66. The van der Waals surface area contributed by atoms with Gasteiger partial charge in [0.1, 0.15) is 0 Å². The first-order valence-electron chi connectivity index (χ1n) is 4.27. The number of likely N-dealkylation sites (tertiary alicyclic amines) is 1. The molecule has 1 N–H and O–H groups in total. The molecule has 5 heteroatoms. The van der Waals surface area contributed by atoms with E-state index < -0.39 is 0 Å². The van der Waals surface area contributed by atoms with Crippen molar-refractivity contribution in [3.05, 3.63) is 0 Å². The van der Waals surface area contributed by atoms with Crippen LogP contribution in [0.4, 0.5) is 0 Å². The van der Waals surface area contributed by atoms with Crippen LogP contribution in [-0.4, -0.2) is 42.1 Å². The number of carbonyl (C=O) groups is 2. The van der Waals surface area contributed by atoms with Crippen LogP contribution in [0.1, 0.15) is 12.8 Å². The summed E-state index contributed by atoms with van der Waals surface area (Å²) in [6.07, 6.45) is 0.840. The normalized spacial score (nSPS) is 22.2. The summed E-state index contributed by atoms with van der Waals surface area (Å²) >= 11 is 3.95. The largest absolute Gasteiger partial charge is 0.351 e. The number of nitrogens with zero attached hydrogens (tertiary/aromatic N) is 1. The minimum absolute atomic E-state index is 0.00937. The van der Waals surface area contributed by atoms with Gasteiger partial charge in [0.15, 0.2) is 0 Å². The maximum Gasteiger partial charge on any atom is 0.224 e. The van der Waals surface area contributed by atoms with Gasteiger partial charge < -0.3 is 10.2 Å². The van der Waals surface area contributed by atoms with Crippen LogP contribution in [0.25, 0.3) is 0 Å². The predicted octanol–water partition coefficient (Wildman–Crippen LogP) is -0.347. The zero-order valence-corrected chi connectivity index (χ0v) is 8.51. The second kappa shape index (κ2) is 4.50. The number of hydrogen-bond donors (Lipinski definition) is 2. The lowest BCUT2D eigenvalue weighted by molar-refractivity contribution is -0.126. The van der Waals surface area contributed by atoms with Crippen LogP contribution in [0.15, 0.2) is 0 Å². The number of likely N-dealkylation sites (N-methyl/N-ethyl adjacent to an activating group) is 1. The molecule has 1 heterocycles. The number of rotatable bonds is 3. The zero-order valence-electron chi connectivity index (χ0n) is 7.62. The van der Waals surface area contributed by atoms with E-state index in [0.29, 0.717) is 25.1 Å². The summed E-state index contributed by atoms with van der Waals surface area (Å²) in [6, 6.07) is -0.00937. The number of carbonyl (C=O) groups excluding carboxylic acids is 2. The summed E-state index contributed by atoms with van der Waals surface area (Å²) in [5, 5.41) is 2.79. The monoisotopic (exact) mass is 202 g/mol. The molecule has 0 aliphatic carbocycles. The summed E-state index contributed by atoms with van der Waals surface area (Å²) in [7, 11) is 1.74. The van der Waals surface area contributed by atoms with Gasteiger partial charge in [0, 0.05) is 26.4 Å². The topological polar surface area (TPSA) is 49.4 Å². The SMILES string of the molecule is CN1CC(NC(=O)CCS)CC1=O. The first kappa shape index (κ1) is 10.4. The number of thiol groups is 1. The molecule has 1 aliphatic rings. The lowest BCUT2D eigenvalue weighted by Crippen LogP contribution is -2.36. The molecule has 1 atom stereocenters. The Hall–Kier alpha value is -0.710. The van der Waals surface area contributed by atoms with E-state index in [1.807, 2.05) is 0 Å². The Morgan fingerprint density at radius 1 is 1.77 bits per heavy atom. The first-order chi connectivity index (χ1) is 6.13. The summed E-state index contributed by atoms with van der Waals surface area (Å²) < 4.78 is 0. The molecule has 0 spiro atoms. The molecule has 0 aromatic heterocycles. The second-order valence-electron chi connectivity index (χ2n) is 3.22. The van der Waals surface area contributed by atoms with Crippen molar-refractivity contribution in [2.24, 2.45) is 0 Å². The Bertz CT molecular complexity index is 220. The molecule has 1 rings (SSSR count). The van der Waals surface area contributed by atoms with E-state index in [0.717, 1.165) is 0 Å². The Labute approximate surface area is 83.1 Å². The Morgan fingerprint density at radius 2 is 2.46 bits per heavy atom. The molecule has 1 saturated heterocycles. The van der Waals surface area contributed by atoms with Gasteiger partial charge in [-0.3, -0.25) is 9.59 Å². The van der Waals surface area contributed by atoms with E-state index in [-0.39, 0.29) is 17.9 Å². The van der Waals surface area contributed by atoms with Gasteiger partial charge >= 0.3 is 0 Å². The van der Waals surface area contributed by atoms with Crippen molar-refractivity contribution in [3.63, 3.8) is 0 Å². The molecule has 0 aromatic rings. The first-order valence-corrected chi connectivity index (χ1v) is 4.91. The molecule has 4 nitrogen and oxygen atoms in total. The summed E-state index contributed by atoms with van der Waals surface area (Å²) in [5.41, 5.74) is 0. The van der Waals surface area contributed by atoms with Crippen molar-refractivity contribution in [1.29, 1.82) is 0 Å². The molecule has 0 aromatic carbocycles. The highest BCUT2D eigenvalue weighted by molar-refractivity contribution is 7.80. The highest BCUT2D eigenvalue weighted by Crippen LogP contribution is 2.08. The Kier molecular flexibility index (Phi) is 3.59. The van der Waals surface area contributed by atoms with Gasteiger partial charge in [-0.2, -0.15) is 12.6 Å². The van der Waals surface area contributed by atoms with E-state index in [1.54, 1.807) is 11.9 Å². The van der Waals surface area contributed by atoms with Crippen LogP contribution >= 0.6 is 12.6 Å². The molecular formula is C8H14N2O2S. The van der Waals surface area contributed by atoms with Crippen LogP contribution in [0, 0.1) is 0 Å². The highest BCUT2D eigenvalue weighted by atomic mass is 32.1. The number of nitrogens with one attached hydrogen (secondary N) is 1. The van der Waals surface area contributed by atoms with Crippen molar-refractivity contribution >= 4 is 24.4 Å². The lowest BCUT2D eigenvalue weighted by atomic mass is 10.2. The Balaban J connectivity index is 2.31. The molecule has 74 valence electrons. The van der Waals surface area contributed by atoms with Gasteiger partial charge in [0.2, 0.25) is 11.8 Å². The summed E-state index contributed by atoms with van der Waals surface area (Å²) in [5.74, 6) is 0.613. The van der Waals surface area contributed by atoms with E-state index in [4.69, 9.17) is 0 Å². The van der Waals surface area contributed by atoms with Crippen molar-refractivity contribution in [3.8, 4) is 0 Å². The molecule has 2 amide bonds. The third kappa shape index (κ3) is 2.91. The minimum atomic E-state index is -0.0249. The Morgan fingerprint density at radius 3 is 2.92 bits per heavy atom. The van der Waals surface area contributed by atoms with Gasteiger partial charge in [0.25, 0.3) is 0 Å². The van der Waals surface area contributed by atoms with Gasteiger partial charge in [-0.15, -0.1) is 0 Å². The van der Waals surface area contributed by atoms with Gasteiger partial charge in [-0.25, -0.2) is 0 Å². The molecule has 1 fully saturated rings. The van der Waals surface area contributed by atoms with E-state index >= 15 is 0 Å². The number of hydrogen-bond acceptors (Lipinski definition) is 3. The molecule has 0 saturated carbocycles. The average molecular weight is 202 g/mol. The fourth-order valence-corrected chi connectivity index (χ4v) is 1.56. The fourth-order valence-electron chi connectivity index (χ4n) is 1.36. The van der Waals surface area contributed by atoms with Gasteiger partial charge in [-0.1, -0.05) is 0 Å². The van der Waals surface area contributed by atoms with Crippen molar-refractivity contribution in [1.82, 2.24) is 10.2 Å². The van der Waals surface area contributed by atoms with Crippen molar-refractivity contribution in [2.45, 2.75) is 18.9 Å². The quantitative estimate of drug-likeness (QED) is 0.615. The van der Waals surface area contributed by atoms with Gasteiger partial charge in [-0.05, 0) is 5.75 Å². The zero-order chi connectivity index (χ0) is 9.84. The van der Waals surface area contributed by atoms with Crippen molar-refractivity contribution < 1.29 is 9.59 Å². The third-order valence-corrected chi connectivity index (χ3v) is 2.27. The van der Waals surface area contributed by atoms with Crippen LogP contribution in [0.2, 0.25) is 0 Å². The molecular weight excluding hydrogens is 188 g/mol. The van der Waals surface area contributed by atoms with Crippen LogP contribution in [0.3, 0.4) is 0 Å². The van der Waals surface area contributed by atoms with E-state index in [1.165, 1.54) is 0 Å². The van der Waals surface area contributed by atoms with Crippen LogP contribution in [-0.2, 0) is 9.59 Å². The van der Waals surface area contributed by atoms with Crippen LogP contribution < -0.4 is 5.32 Å². The standard InChI is InChI=1S/C8H14N2O2S/c1-10-5-6(4-8(10)12)9-7(11)2-3-13/h6,13H,2-5H2,1H3,(H,9,11). The lowest BCUT2D eigenvalue weighted by Gasteiger charge is -2.11. The highest BCUT2D eigenvalue weighted by Gasteiger charge is 2.27. The van der Waals surface area contributed by atoms with E-state index in [2.05, 4.69) is 17.9 Å². The van der Waals surface area contributed by atoms with E-state index in [9.17, 15) is 9.59 Å². The maximum absolute atomic E-state index is 11.1. The van der Waals surface area contributed by atoms with Crippen molar-refractivity contribution in [2.75, 3.05) is 19.3 Å². The minimum Gasteiger partial charge on any atom is -0.351 e. The molecule has 1 unspecified atom stereocenters. The fraction of sp³-hybridized carbons (Fsp3) is 0.750. The molecule has 1 aliphatic heterocycles. The summed E-state index contributed by atoms with van der Waals surface area (Å²) in [4.78, 5) is 23.8. The molecule has 0 bridgehead atoms. The maximum atomic E-state index is 11.1. The molecule has 13 heavy (non-hydrogen) atoms. The number of amides is 2. The average Bonchev–Trinajstić information content (AvgIpc) is 2.31. The third-order valence-electron chi connectivity index (χ3n) is 2.04. The smallest absolute Gasteiger partial charge is 0.224 e. The van der Waals surface area contributed by atoms with Crippen LogP contribution in [0.5, 0.6) is 0 Å². The summed E-state index contributed by atoms with van der Waals surface area (Å²) in [6.45, 7) is 0.622. The predicted molar refractivity (Wildman–Crippen MR) is 52.7 cm³/mol. The van der Waals surface area contributed by atoms with Gasteiger partial charge in [0.05, 0.1) is 6.04 Å².